The van der Waals surface area contributed by atoms with Crippen molar-refractivity contribution in [3.63, 3.8) is 0 Å². The van der Waals surface area contributed by atoms with E-state index < -0.39 is 0 Å². The number of benzene rings is 1. The molecule has 1 fully saturated rings. The van der Waals surface area contributed by atoms with Crippen molar-refractivity contribution in [2.75, 3.05) is 18.5 Å². The average molecular weight is 369 g/mol. The van der Waals surface area contributed by atoms with Gasteiger partial charge in [-0.1, -0.05) is 6.07 Å². The number of carbonyl (C=O) groups is 1. The van der Waals surface area contributed by atoms with E-state index >= 15 is 0 Å². The number of thiocarbonyl (C=S) groups is 1. The van der Waals surface area contributed by atoms with Crippen molar-refractivity contribution in [1.82, 2.24) is 9.88 Å². The molecule has 5 nitrogen and oxygen atoms in total. The summed E-state index contributed by atoms with van der Waals surface area (Å²) in [7, 11) is 0. The minimum absolute atomic E-state index is 0.247. The predicted molar refractivity (Wildman–Crippen MR) is 106 cm³/mol. The van der Waals surface area contributed by atoms with Crippen LogP contribution in [0.5, 0.6) is 0 Å². The van der Waals surface area contributed by atoms with Crippen LogP contribution in [0.25, 0.3) is 0 Å². The molecule has 2 aromatic rings. The molecule has 1 aromatic heterocycles. The largest absolute Gasteiger partial charge is 0.462 e. The van der Waals surface area contributed by atoms with Crippen LogP contribution in [0.1, 0.15) is 48.1 Å². The van der Waals surface area contributed by atoms with E-state index in [1.807, 2.05) is 24.4 Å². The summed E-state index contributed by atoms with van der Waals surface area (Å²) in [6.07, 6.45) is 7.08. The van der Waals surface area contributed by atoms with Crippen LogP contribution >= 0.6 is 12.2 Å². The summed E-state index contributed by atoms with van der Waals surface area (Å²) in [5, 5.41) is 3.99. The quantitative estimate of drug-likeness (QED) is 0.644. The monoisotopic (exact) mass is 369 g/mol. The average Bonchev–Trinajstić information content (AvgIpc) is 2.69. The molecule has 1 atom stereocenters. The van der Waals surface area contributed by atoms with Crippen LogP contribution in [-0.4, -0.2) is 34.1 Å². The van der Waals surface area contributed by atoms with Crippen LogP contribution in [0.4, 0.5) is 5.69 Å². The van der Waals surface area contributed by atoms with Crippen molar-refractivity contribution < 1.29 is 9.53 Å². The van der Waals surface area contributed by atoms with Crippen LogP contribution < -0.4 is 5.32 Å². The number of rotatable bonds is 4. The summed E-state index contributed by atoms with van der Waals surface area (Å²) in [6, 6.07) is 11.5. The number of nitrogens with one attached hydrogen (secondary N) is 1. The Balaban J connectivity index is 1.69. The molecule has 0 radical (unpaired) electrons. The lowest BCUT2D eigenvalue weighted by Crippen LogP contribution is -2.41. The van der Waals surface area contributed by atoms with Gasteiger partial charge in [-0.05, 0) is 74.3 Å². The first-order chi connectivity index (χ1) is 12.7. The third kappa shape index (κ3) is 4.38. The molecular weight excluding hydrogens is 346 g/mol. The second-order valence-corrected chi connectivity index (χ2v) is 6.61. The normalized spacial score (nSPS) is 16.8. The van der Waals surface area contributed by atoms with E-state index in [4.69, 9.17) is 17.0 Å². The molecule has 136 valence electrons. The molecule has 3 rings (SSSR count). The number of hydrogen-bond donors (Lipinski definition) is 1. The van der Waals surface area contributed by atoms with E-state index in [-0.39, 0.29) is 12.0 Å². The number of hydrogen-bond acceptors (Lipinski definition) is 4. The molecule has 1 N–H and O–H groups in total. The lowest BCUT2D eigenvalue weighted by Gasteiger charge is -2.37. The molecule has 0 spiro atoms. The van der Waals surface area contributed by atoms with Gasteiger partial charge < -0.3 is 15.0 Å². The first-order valence-corrected chi connectivity index (χ1v) is 9.34. The molecule has 26 heavy (non-hydrogen) atoms. The molecule has 1 aliphatic rings. The summed E-state index contributed by atoms with van der Waals surface area (Å²) < 4.78 is 5.01. The van der Waals surface area contributed by atoms with Crippen molar-refractivity contribution in [1.29, 1.82) is 0 Å². The van der Waals surface area contributed by atoms with Crippen LogP contribution in [0.15, 0.2) is 48.8 Å². The number of esters is 1. The maximum Gasteiger partial charge on any atom is 0.338 e. The molecule has 0 amide bonds. The Labute approximate surface area is 159 Å². The highest BCUT2D eigenvalue weighted by atomic mass is 32.1. The molecule has 0 unspecified atom stereocenters. The smallest absolute Gasteiger partial charge is 0.338 e. The standard InChI is InChI=1S/C20H23N3O2S/c1-2-25-19(24)15-8-10-17(11-9-15)22-20(26)23-13-4-3-7-18(23)16-6-5-12-21-14-16/h5-6,8-12,14,18H,2-4,7,13H2,1H3,(H,22,26)/t18-/m1/s1. The number of carbonyl (C=O) groups excluding carboxylic acids is 1. The van der Waals surface area contributed by atoms with Gasteiger partial charge in [0.2, 0.25) is 0 Å². The molecule has 0 saturated carbocycles. The van der Waals surface area contributed by atoms with E-state index in [1.165, 1.54) is 12.0 Å². The highest BCUT2D eigenvalue weighted by molar-refractivity contribution is 7.80. The minimum Gasteiger partial charge on any atom is -0.462 e. The molecule has 1 saturated heterocycles. The van der Waals surface area contributed by atoms with Crippen molar-refractivity contribution >= 4 is 29.0 Å². The number of anilines is 1. The maximum absolute atomic E-state index is 11.7. The summed E-state index contributed by atoms with van der Waals surface area (Å²) in [4.78, 5) is 18.2. The highest BCUT2D eigenvalue weighted by Gasteiger charge is 2.26. The number of aromatic nitrogens is 1. The predicted octanol–water partition coefficient (Wildman–Crippen LogP) is 4.18. The Morgan fingerprint density at radius 3 is 2.81 bits per heavy atom. The summed E-state index contributed by atoms with van der Waals surface area (Å²) in [5.74, 6) is -0.311. The first-order valence-electron chi connectivity index (χ1n) is 8.93. The van der Waals surface area contributed by atoms with Gasteiger partial charge in [0.05, 0.1) is 18.2 Å². The second kappa shape index (κ2) is 8.76. The molecular formula is C20H23N3O2S. The van der Waals surface area contributed by atoms with Crippen LogP contribution in [0, 0.1) is 0 Å². The van der Waals surface area contributed by atoms with Gasteiger partial charge in [-0.3, -0.25) is 4.98 Å². The Kier molecular flexibility index (Phi) is 6.17. The Bertz CT molecular complexity index is 749. The number of pyridine rings is 1. The topological polar surface area (TPSA) is 54.5 Å². The fraction of sp³-hybridized carbons (Fsp3) is 0.350. The van der Waals surface area contributed by atoms with Gasteiger partial charge >= 0.3 is 5.97 Å². The van der Waals surface area contributed by atoms with Crippen molar-refractivity contribution in [2.24, 2.45) is 0 Å². The third-order valence-corrected chi connectivity index (χ3v) is 4.82. The third-order valence-electron chi connectivity index (χ3n) is 4.48. The van der Waals surface area contributed by atoms with Crippen molar-refractivity contribution in [3.8, 4) is 0 Å². The Hall–Kier alpha value is -2.47. The van der Waals surface area contributed by atoms with E-state index in [1.54, 1.807) is 25.3 Å². The number of nitrogens with zero attached hydrogens (tertiary/aromatic N) is 2. The summed E-state index contributed by atoms with van der Waals surface area (Å²) in [6.45, 7) is 3.09. The maximum atomic E-state index is 11.7. The molecule has 6 heteroatoms. The van der Waals surface area contributed by atoms with Gasteiger partial charge in [0.1, 0.15) is 0 Å². The summed E-state index contributed by atoms with van der Waals surface area (Å²) >= 11 is 5.66. The van der Waals surface area contributed by atoms with Gasteiger partial charge in [0.15, 0.2) is 5.11 Å². The van der Waals surface area contributed by atoms with Gasteiger partial charge in [-0.25, -0.2) is 4.79 Å². The fourth-order valence-corrected chi connectivity index (χ4v) is 3.53. The lowest BCUT2D eigenvalue weighted by atomic mass is 9.97. The van der Waals surface area contributed by atoms with E-state index in [9.17, 15) is 4.79 Å². The summed E-state index contributed by atoms with van der Waals surface area (Å²) in [5.41, 5.74) is 2.59. The first kappa shape index (κ1) is 18.3. The fourth-order valence-electron chi connectivity index (χ4n) is 3.19. The SMILES string of the molecule is CCOC(=O)c1ccc(NC(=S)N2CCCC[C@@H]2c2cccnc2)cc1. The molecule has 0 bridgehead atoms. The number of likely N-dealkylation sites (tertiary alicyclic amines) is 1. The molecule has 1 aromatic carbocycles. The van der Waals surface area contributed by atoms with Crippen LogP contribution in [0.3, 0.4) is 0 Å². The minimum atomic E-state index is -0.311. The van der Waals surface area contributed by atoms with E-state index in [0.29, 0.717) is 17.3 Å². The second-order valence-electron chi connectivity index (χ2n) is 6.22. The lowest BCUT2D eigenvalue weighted by molar-refractivity contribution is 0.0526. The van der Waals surface area contributed by atoms with Crippen molar-refractivity contribution in [3.05, 3.63) is 59.9 Å². The zero-order valence-corrected chi connectivity index (χ0v) is 15.7. The van der Waals surface area contributed by atoms with Crippen molar-refractivity contribution in [2.45, 2.75) is 32.2 Å². The van der Waals surface area contributed by atoms with Crippen LogP contribution in [-0.2, 0) is 4.74 Å². The van der Waals surface area contributed by atoms with E-state index in [0.717, 1.165) is 25.1 Å². The van der Waals surface area contributed by atoms with Gasteiger partial charge in [0.25, 0.3) is 0 Å². The number of piperidine rings is 1. The zero-order valence-electron chi connectivity index (χ0n) is 14.9. The molecule has 2 heterocycles. The van der Waals surface area contributed by atoms with Gasteiger partial charge in [-0.2, -0.15) is 0 Å². The van der Waals surface area contributed by atoms with Crippen LogP contribution in [0.2, 0.25) is 0 Å². The van der Waals surface area contributed by atoms with Gasteiger partial charge in [0, 0.05) is 24.6 Å². The Morgan fingerprint density at radius 1 is 1.31 bits per heavy atom. The Morgan fingerprint density at radius 2 is 2.12 bits per heavy atom. The molecule has 0 aliphatic carbocycles. The number of ether oxygens (including phenoxy) is 1. The zero-order chi connectivity index (χ0) is 18.4. The molecule has 1 aliphatic heterocycles. The van der Waals surface area contributed by atoms with Gasteiger partial charge in [-0.15, -0.1) is 0 Å². The highest BCUT2D eigenvalue weighted by Crippen LogP contribution is 2.31. The van der Waals surface area contributed by atoms with E-state index in [2.05, 4.69) is 21.3 Å².